The highest BCUT2D eigenvalue weighted by molar-refractivity contribution is 6.39. The summed E-state index contributed by atoms with van der Waals surface area (Å²) in [6.07, 6.45) is 6.49. The molecule has 4 aromatic heterocycles. The first-order valence-corrected chi connectivity index (χ1v) is 15.6. The number of rotatable bonds is 0. The van der Waals surface area contributed by atoms with Crippen LogP contribution in [0.2, 0.25) is 20.1 Å². The minimum Gasteiger partial charge on any atom is -0.506 e. The fourth-order valence-electron chi connectivity index (χ4n) is 4.47. The summed E-state index contributed by atoms with van der Waals surface area (Å²) in [5.74, 6) is 0.425. The fraction of sp³-hybridized carbons (Fsp3) is 0. The van der Waals surface area contributed by atoms with E-state index in [1.165, 1.54) is 12.1 Å². The molecule has 0 fully saturated rings. The van der Waals surface area contributed by atoms with Gasteiger partial charge in [0.25, 0.3) is 0 Å². The summed E-state index contributed by atoms with van der Waals surface area (Å²) in [5.41, 5.74) is 2.19. The summed E-state index contributed by atoms with van der Waals surface area (Å²) in [4.78, 5) is 16.0. The van der Waals surface area contributed by atoms with E-state index in [9.17, 15) is 20.4 Å². The van der Waals surface area contributed by atoms with Crippen LogP contribution in [0.5, 0.6) is 23.0 Å². The third-order valence-electron chi connectivity index (χ3n) is 6.77. The number of fused-ring (bicyclic) bond motifs is 4. The molecule has 8 aromatic rings. The fourth-order valence-corrected chi connectivity index (χ4v) is 5.36. The van der Waals surface area contributed by atoms with E-state index >= 15 is 0 Å². The number of phenols is 4. The zero-order chi connectivity index (χ0) is 34.2. The van der Waals surface area contributed by atoms with E-state index in [1.54, 1.807) is 67.3 Å². The first-order chi connectivity index (χ1) is 23.2. The standard InChI is InChI=1S/C9H5Cl2NO.2C9H6ClNO.C9H7NO/c10-6-4-7(11)9(13)8-5(6)2-1-3-12-8;10-7-3-4-8(12)9-6(7)2-1-5-11-9;10-7-4-3-6-2-1-5-11-8(6)9(7)12;11-8-5-1-3-7-4-2-6-10-9(7)8/h1-4,13H;2*1-5,12H;1-6,11H. The van der Waals surface area contributed by atoms with Crippen LogP contribution in [0.25, 0.3) is 43.6 Å². The number of halogens is 4. The average molecular weight is 718 g/mol. The predicted molar refractivity (Wildman–Crippen MR) is 194 cm³/mol. The summed E-state index contributed by atoms with van der Waals surface area (Å²) in [7, 11) is 0. The molecule has 0 aliphatic rings. The lowest BCUT2D eigenvalue weighted by Gasteiger charge is -2.03. The average Bonchev–Trinajstić information content (AvgIpc) is 3.12. The van der Waals surface area contributed by atoms with Gasteiger partial charge in [-0.25, -0.2) is 0 Å². The Bertz CT molecular complexity index is 2320. The number of hydrogen-bond acceptors (Lipinski definition) is 8. The van der Waals surface area contributed by atoms with Gasteiger partial charge in [0, 0.05) is 46.3 Å². The van der Waals surface area contributed by atoms with E-state index in [0.29, 0.717) is 42.5 Å². The lowest BCUT2D eigenvalue weighted by molar-refractivity contribution is 0.480. The second kappa shape index (κ2) is 15.6. The van der Waals surface area contributed by atoms with Crippen LogP contribution in [0.4, 0.5) is 0 Å². The van der Waals surface area contributed by atoms with Gasteiger partial charge in [-0.2, -0.15) is 0 Å². The van der Waals surface area contributed by atoms with Crippen molar-refractivity contribution in [1.82, 2.24) is 19.9 Å². The molecule has 0 aliphatic carbocycles. The van der Waals surface area contributed by atoms with Gasteiger partial charge in [-0.1, -0.05) is 76.7 Å². The Hall–Kier alpha value is -5.12. The molecule has 4 aromatic carbocycles. The normalized spacial score (nSPS) is 10.4. The van der Waals surface area contributed by atoms with Crippen LogP contribution < -0.4 is 0 Å². The smallest absolute Gasteiger partial charge is 0.160 e. The SMILES string of the molecule is Oc1c(Cl)cc(Cl)c2cccnc12.Oc1c(Cl)ccc2cccnc12.Oc1ccc(Cl)c2cccnc12.Oc1cccc2cccnc12. The molecule has 0 saturated carbocycles. The molecule has 0 aliphatic heterocycles. The second-order valence-corrected chi connectivity index (χ2v) is 11.5. The largest absolute Gasteiger partial charge is 0.506 e. The Kier molecular flexibility index (Phi) is 11.2. The zero-order valence-corrected chi connectivity index (χ0v) is 27.7. The van der Waals surface area contributed by atoms with Crippen LogP contribution in [0, 0.1) is 0 Å². The maximum absolute atomic E-state index is 9.53. The maximum atomic E-state index is 9.53. The van der Waals surface area contributed by atoms with Crippen molar-refractivity contribution < 1.29 is 20.4 Å². The Morgan fingerprint density at radius 1 is 0.375 bits per heavy atom. The summed E-state index contributed by atoms with van der Waals surface area (Å²) in [5, 5.41) is 42.7. The molecule has 0 bridgehead atoms. The van der Waals surface area contributed by atoms with Crippen molar-refractivity contribution in [3.05, 3.63) is 142 Å². The van der Waals surface area contributed by atoms with Crippen LogP contribution >= 0.6 is 46.4 Å². The third kappa shape index (κ3) is 7.87. The molecule has 0 amide bonds. The lowest BCUT2D eigenvalue weighted by atomic mass is 10.2. The van der Waals surface area contributed by atoms with Crippen molar-refractivity contribution in [3.63, 3.8) is 0 Å². The monoisotopic (exact) mass is 716 g/mol. The minimum atomic E-state index is -0.0262. The number of para-hydroxylation sites is 1. The maximum Gasteiger partial charge on any atom is 0.160 e. The highest BCUT2D eigenvalue weighted by Crippen LogP contribution is 2.35. The molecule has 8 nitrogen and oxygen atoms in total. The molecule has 4 heterocycles. The van der Waals surface area contributed by atoms with E-state index in [1.807, 2.05) is 42.5 Å². The molecule has 0 radical (unpaired) electrons. The van der Waals surface area contributed by atoms with Gasteiger partial charge in [-0.05, 0) is 66.7 Å². The van der Waals surface area contributed by atoms with Crippen LogP contribution in [0.1, 0.15) is 0 Å². The van der Waals surface area contributed by atoms with E-state index in [0.717, 1.165) is 16.2 Å². The number of aromatic hydroxyl groups is 4. The molecular weight excluding hydrogens is 694 g/mol. The van der Waals surface area contributed by atoms with Crippen molar-refractivity contribution in [2.24, 2.45) is 0 Å². The van der Waals surface area contributed by atoms with Crippen molar-refractivity contribution in [1.29, 1.82) is 0 Å². The molecule has 4 N–H and O–H groups in total. The third-order valence-corrected chi connectivity index (χ3v) is 8.01. The van der Waals surface area contributed by atoms with Crippen molar-refractivity contribution in [3.8, 4) is 23.0 Å². The Balaban J connectivity index is 0.000000125. The summed E-state index contributed by atoms with van der Waals surface area (Å²) in [6.45, 7) is 0. The molecule has 0 unspecified atom stereocenters. The first-order valence-electron chi connectivity index (χ1n) is 14.0. The molecule has 48 heavy (non-hydrogen) atoms. The number of phenolic OH excluding ortho intramolecular Hbond substituents is 4. The van der Waals surface area contributed by atoms with Crippen LogP contribution in [0.15, 0.2) is 122 Å². The topological polar surface area (TPSA) is 132 Å². The van der Waals surface area contributed by atoms with Crippen molar-refractivity contribution in [2.45, 2.75) is 0 Å². The van der Waals surface area contributed by atoms with E-state index in [-0.39, 0.29) is 28.0 Å². The van der Waals surface area contributed by atoms with Crippen LogP contribution in [-0.4, -0.2) is 40.4 Å². The van der Waals surface area contributed by atoms with Gasteiger partial charge < -0.3 is 20.4 Å². The van der Waals surface area contributed by atoms with Gasteiger partial charge in [0.1, 0.15) is 33.6 Å². The van der Waals surface area contributed by atoms with Gasteiger partial charge in [-0.3, -0.25) is 19.9 Å². The van der Waals surface area contributed by atoms with Gasteiger partial charge in [0.2, 0.25) is 0 Å². The highest BCUT2D eigenvalue weighted by atomic mass is 35.5. The van der Waals surface area contributed by atoms with Gasteiger partial charge in [-0.15, -0.1) is 0 Å². The molecule has 240 valence electrons. The molecule has 8 rings (SSSR count). The first kappa shape index (κ1) is 34.2. The second-order valence-electron chi connectivity index (χ2n) is 9.88. The van der Waals surface area contributed by atoms with Crippen molar-refractivity contribution >= 4 is 90.0 Å². The van der Waals surface area contributed by atoms with Gasteiger partial charge >= 0.3 is 0 Å². The molecular formula is C36H24Cl4N4O4. The number of benzene rings is 4. The minimum absolute atomic E-state index is 0.0262. The van der Waals surface area contributed by atoms with Crippen molar-refractivity contribution in [2.75, 3.05) is 0 Å². The zero-order valence-electron chi connectivity index (χ0n) is 24.6. The summed E-state index contributed by atoms with van der Waals surface area (Å²) < 4.78 is 0. The van der Waals surface area contributed by atoms with Gasteiger partial charge in [0.05, 0.1) is 20.1 Å². The highest BCUT2D eigenvalue weighted by Gasteiger charge is 2.09. The van der Waals surface area contributed by atoms with E-state index in [2.05, 4.69) is 19.9 Å². The lowest BCUT2D eigenvalue weighted by Crippen LogP contribution is -1.80. The quantitative estimate of drug-likeness (QED) is 0.122. The molecule has 0 spiro atoms. The number of aromatic nitrogens is 4. The summed E-state index contributed by atoms with van der Waals surface area (Å²) >= 11 is 23.2. The molecule has 12 heteroatoms. The Morgan fingerprint density at radius 2 is 0.854 bits per heavy atom. The van der Waals surface area contributed by atoms with Crippen LogP contribution in [0.3, 0.4) is 0 Å². The van der Waals surface area contributed by atoms with E-state index in [4.69, 9.17) is 46.4 Å². The van der Waals surface area contributed by atoms with Crippen LogP contribution in [-0.2, 0) is 0 Å². The molecule has 0 atom stereocenters. The molecule has 0 saturated heterocycles. The van der Waals surface area contributed by atoms with Gasteiger partial charge in [0.15, 0.2) is 11.5 Å². The Labute approximate surface area is 294 Å². The van der Waals surface area contributed by atoms with E-state index < -0.39 is 0 Å². The Morgan fingerprint density at radius 3 is 1.50 bits per heavy atom. The summed E-state index contributed by atoms with van der Waals surface area (Å²) in [6, 6.07) is 28.1. The predicted octanol–water partition coefficient (Wildman–Crippen LogP) is 10.4. The number of hydrogen-bond donors (Lipinski definition) is 4. The number of nitrogens with zero attached hydrogens (tertiary/aromatic N) is 4. The number of pyridine rings is 4.